The topological polar surface area (TPSA) is 24.7 Å². The number of rotatable bonds is 63. The molecule has 2 rings (SSSR count). The summed E-state index contributed by atoms with van der Waals surface area (Å²) < 4.78 is 0. The van der Waals surface area contributed by atoms with Crippen LogP contribution in [-0.2, 0) is 29.3 Å². The van der Waals surface area contributed by atoms with Crippen LogP contribution in [0.25, 0.3) is 0 Å². The minimum atomic E-state index is 0. The number of aliphatic imine (C=N–C) groups is 2. The molecule has 0 radical (unpaired) electrons. The summed E-state index contributed by atoms with van der Waals surface area (Å²) in [6, 6.07) is 17.5. The van der Waals surface area contributed by atoms with Gasteiger partial charge in [-0.2, -0.15) is 0 Å². The van der Waals surface area contributed by atoms with Crippen LogP contribution in [-0.4, -0.2) is 11.9 Å². The molecule has 0 saturated heterocycles. The molecule has 478 valence electrons. The third-order valence-electron chi connectivity index (χ3n) is 17.5. The fourth-order valence-corrected chi connectivity index (χ4v) is 12.0. The third kappa shape index (κ3) is 53.5. The van der Waals surface area contributed by atoms with E-state index in [1.807, 2.05) is 6.21 Å². The van der Waals surface area contributed by atoms with Crippen LogP contribution in [0.2, 0.25) is 0 Å². The van der Waals surface area contributed by atoms with E-state index >= 15 is 0 Å². The van der Waals surface area contributed by atoms with Crippen LogP contribution in [0, 0.1) is 0 Å². The van der Waals surface area contributed by atoms with Gasteiger partial charge in [0, 0.05) is 16.5 Å². The Labute approximate surface area is 529 Å². The molecule has 2 aromatic rings. The fraction of sp³-hybridized carbons (Fsp3) is 0.750. The molecule has 0 spiro atoms. The number of hydrogen-bond donors (Lipinski definition) is 0. The van der Waals surface area contributed by atoms with Gasteiger partial charge in [-0.3, -0.25) is 4.99 Å². The molecule has 2 nitrogen and oxygen atoms in total. The molecule has 0 amide bonds. The summed E-state index contributed by atoms with van der Waals surface area (Å²) in [5.41, 5.74) is 5.77. The Morgan fingerprint density at radius 2 is 0.518 bits per heavy atom. The Kier molecular flexibility index (Phi) is 61.9. The van der Waals surface area contributed by atoms with Crippen molar-refractivity contribution < 1.29 is 16.5 Å². The first-order valence-corrected chi connectivity index (χ1v) is 37.0. The van der Waals surface area contributed by atoms with Gasteiger partial charge in [-0.05, 0) is 106 Å². The molecule has 0 heterocycles. The first-order chi connectivity index (χ1) is 40.8. The summed E-state index contributed by atoms with van der Waals surface area (Å²) in [6.07, 6.45) is 95.2. The molecule has 0 aliphatic heterocycles. The van der Waals surface area contributed by atoms with Gasteiger partial charge in [0.15, 0.2) is 0 Å². The van der Waals surface area contributed by atoms with Crippen molar-refractivity contribution in [2.24, 2.45) is 9.98 Å². The zero-order valence-corrected chi connectivity index (χ0v) is 56.7. The molecule has 0 N–H and O–H groups in total. The van der Waals surface area contributed by atoms with Gasteiger partial charge in [0.25, 0.3) is 0 Å². The van der Waals surface area contributed by atoms with E-state index in [9.17, 15) is 0 Å². The number of nitrogens with zero attached hydrogens (tertiary/aromatic N) is 2. The molecule has 0 bridgehead atoms. The molecular weight excluding hydrogens is 1050 g/mol. The fourth-order valence-electron chi connectivity index (χ4n) is 12.0. The predicted molar refractivity (Wildman–Crippen MR) is 374 cm³/mol. The maximum Gasteiger partial charge on any atom is 0.0816 e. The van der Waals surface area contributed by atoms with Crippen LogP contribution in [0.5, 0.6) is 0 Å². The molecule has 2 aromatic carbocycles. The second kappa shape index (κ2) is 65.5. The number of aryl methyl sites for hydroxylation is 2. The normalized spacial score (nSPS) is 12.2. The van der Waals surface area contributed by atoms with E-state index in [0.717, 1.165) is 62.0 Å². The van der Waals surface area contributed by atoms with Crippen molar-refractivity contribution in [1.82, 2.24) is 0 Å². The molecule has 0 atom stereocenters. The van der Waals surface area contributed by atoms with Crippen LogP contribution in [0.15, 0.2) is 95.0 Å². The molecule has 0 fully saturated rings. The minimum absolute atomic E-state index is 0. The van der Waals surface area contributed by atoms with E-state index in [1.54, 1.807) is 0 Å². The Balaban J connectivity index is 0.0000344. The molecule has 3 heteroatoms. The quantitative estimate of drug-likeness (QED) is 0.0273. The second-order valence-electron chi connectivity index (χ2n) is 25.5. The van der Waals surface area contributed by atoms with Crippen LogP contribution < -0.4 is 0 Å². The summed E-state index contributed by atoms with van der Waals surface area (Å²) >= 11 is 0. The van der Waals surface area contributed by atoms with Gasteiger partial charge in [0.2, 0.25) is 0 Å². The van der Waals surface area contributed by atoms with Gasteiger partial charge in [-0.1, -0.05) is 376 Å². The van der Waals surface area contributed by atoms with E-state index in [2.05, 4.69) is 106 Å². The van der Waals surface area contributed by atoms with Gasteiger partial charge >= 0.3 is 0 Å². The average Bonchev–Trinajstić information content (AvgIpc) is 3.59. The molecular formula is C80H138N2Ni. The molecule has 0 saturated carbocycles. The Hall–Kier alpha value is -2.51. The first-order valence-electron chi connectivity index (χ1n) is 37.0. The molecule has 0 aliphatic carbocycles. The van der Waals surface area contributed by atoms with E-state index in [0.29, 0.717) is 0 Å². The summed E-state index contributed by atoms with van der Waals surface area (Å²) in [6.45, 7) is 6.91. The van der Waals surface area contributed by atoms with Crippen molar-refractivity contribution >= 4 is 23.3 Å². The van der Waals surface area contributed by atoms with Crippen LogP contribution in [0.4, 0.5) is 11.4 Å². The number of allylic oxidation sites excluding steroid dienone is 6. The van der Waals surface area contributed by atoms with Gasteiger partial charge < -0.3 is 0 Å². The smallest absolute Gasteiger partial charge is 0.0816 e. The predicted octanol–water partition coefficient (Wildman–Crippen LogP) is 28.4. The Morgan fingerprint density at radius 1 is 0.277 bits per heavy atom. The summed E-state index contributed by atoms with van der Waals surface area (Å²) in [4.78, 5) is 10.4. The monoisotopic (exact) mass is 1190 g/mol. The average molecular weight is 1190 g/mol. The number of hydrogen-bond acceptors (Lipinski definition) is 2. The van der Waals surface area contributed by atoms with Crippen LogP contribution >= 0.6 is 0 Å². The van der Waals surface area contributed by atoms with Gasteiger partial charge in [-0.25, -0.2) is 4.99 Å². The molecule has 83 heavy (non-hydrogen) atoms. The number of para-hydroxylation sites is 2. The van der Waals surface area contributed by atoms with E-state index in [1.165, 1.54) is 332 Å². The zero-order chi connectivity index (χ0) is 58.2. The van der Waals surface area contributed by atoms with Gasteiger partial charge in [0.1, 0.15) is 0 Å². The van der Waals surface area contributed by atoms with Crippen molar-refractivity contribution in [3.63, 3.8) is 0 Å². The van der Waals surface area contributed by atoms with E-state index in [-0.39, 0.29) is 16.5 Å². The van der Waals surface area contributed by atoms with Crippen molar-refractivity contribution in [3.8, 4) is 0 Å². The standard InChI is InChI=1S/C80H138N2.Ni/c1-4-7-10-13-16-18-20-22-24-26-28-30-32-34-36-38-40-42-44-46-48-50-52-54-56-58-61-68-76-70-64-66-73-79(76)81-75-78(72-63-60-15-12-9-6-3)82-80-74-67-65-71-77(80)69-62-59-57-55-53-51-49-47-45-43-41-39-37-35-33-31-29-27-25-23-21-19-17-14-11-8-5-2;/h54-57,63-67,70-75H,4-53,58-62,68-69H2,1-3H3;. The van der Waals surface area contributed by atoms with Crippen molar-refractivity contribution in [2.45, 2.75) is 387 Å². The maximum absolute atomic E-state index is 5.27. The molecule has 0 aromatic heterocycles. The van der Waals surface area contributed by atoms with Crippen molar-refractivity contribution in [3.05, 3.63) is 96.1 Å². The number of unbranched alkanes of at least 4 members (excludes halogenated alkanes) is 50. The van der Waals surface area contributed by atoms with Crippen molar-refractivity contribution in [2.75, 3.05) is 0 Å². The summed E-state index contributed by atoms with van der Waals surface area (Å²) in [5.74, 6) is 0. The largest absolute Gasteiger partial charge is 0.254 e. The summed E-state index contributed by atoms with van der Waals surface area (Å²) in [5, 5.41) is 0. The Bertz CT molecular complexity index is 1770. The SMILES string of the molecule is CCCCCCC=CC(C=Nc1ccccc1CCCC=CCCCCCCCCCCCCCCCCCCCCCCCC)=Nc1ccccc1CCCC=CCCCCCCCCCCCCCCCCCCCCCCCC.[Ni]. The van der Waals surface area contributed by atoms with Crippen LogP contribution in [0.3, 0.4) is 0 Å². The zero-order valence-electron chi connectivity index (χ0n) is 55.7. The maximum atomic E-state index is 5.27. The van der Waals surface area contributed by atoms with Gasteiger partial charge in [-0.15, -0.1) is 0 Å². The first kappa shape index (κ1) is 78.5. The van der Waals surface area contributed by atoms with Gasteiger partial charge in [0.05, 0.1) is 23.3 Å². The van der Waals surface area contributed by atoms with E-state index in [4.69, 9.17) is 9.98 Å². The number of benzene rings is 2. The Morgan fingerprint density at radius 3 is 0.843 bits per heavy atom. The second-order valence-corrected chi connectivity index (χ2v) is 25.5. The minimum Gasteiger partial charge on any atom is -0.254 e. The summed E-state index contributed by atoms with van der Waals surface area (Å²) in [7, 11) is 0. The molecule has 0 aliphatic rings. The van der Waals surface area contributed by atoms with Crippen molar-refractivity contribution in [1.29, 1.82) is 0 Å². The van der Waals surface area contributed by atoms with Crippen LogP contribution in [0.1, 0.15) is 385 Å². The molecule has 0 unspecified atom stereocenters. The third-order valence-corrected chi connectivity index (χ3v) is 17.5. The van der Waals surface area contributed by atoms with E-state index < -0.39 is 0 Å².